The lowest BCUT2D eigenvalue weighted by Gasteiger charge is -2.41. The molecule has 2 aromatic rings. The molecule has 0 radical (unpaired) electrons. The Balaban J connectivity index is 1.57. The summed E-state index contributed by atoms with van der Waals surface area (Å²) in [7, 11) is 3.31. The van der Waals surface area contributed by atoms with Crippen molar-refractivity contribution < 1.29 is 24.1 Å². The van der Waals surface area contributed by atoms with Gasteiger partial charge in [-0.05, 0) is 72.9 Å². The van der Waals surface area contributed by atoms with Crippen LogP contribution >= 0.6 is 11.6 Å². The highest BCUT2D eigenvalue weighted by molar-refractivity contribution is 6.30. The number of benzene rings is 2. The number of carbonyl (C=O) groups is 1. The average Bonchev–Trinajstić information content (AvgIpc) is 2.89. The van der Waals surface area contributed by atoms with Gasteiger partial charge in [0.15, 0.2) is 11.5 Å². The van der Waals surface area contributed by atoms with Crippen LogP contribution in [0, 0.1) is 11.8 Å². The van der Waals surface area contributed by atoms with Gasteiger partial charge in [0.25, 0.3) is 0 Å². The lowest BCUT2D eigenvalue weighted by atomic mass is 9.64. The van der Waals surface area contributed by atoms with E-state index >= 15 is 0 Å². The monoisotopic (exact) mass is 560 g/mol. The predicted octanol–water partition coefficient (Wildman–Crippen LogP) is 4.90. The normalized spacial score (nSPS) is 16.7. The number of amides is 1. The Bertz CT molecular complexity index is 1040. The van der Waals surface area contributed by atoms with Crippen molar-refractivity contribution in [1.82, 2.24) is 5.32 Å². The molecule has 7 nitrogen and oxygen atoms in total. The molecule has 1 aliphatic carbocycles. The predicted molar refractivity (Wildman–Crippen MR) is 156 cm³/mol. The van der Waals surface area contributed by atoms with E-state index < -0.39 is 17.6 Å². The Kier molecular flexibility index (Phi) is 11.9. The molecule has 0 aliphatic heterocycles. The molecule has 0 spiro atoms. The second-order valence-electron chi connectivity index (χ2n) is 11.0. The van der Waals surface area contributed by atoms with Crippen molar-refractivity contribution in [2.45, 2.75) is 69.9 Å². The van der Waals surface area contributed by atoms with Gasteiger partial charge in [0, 0.05) is 37.7 Å². The van der Waals surface area contributed by atoms with E-state index in [0.717, 1.165) is 43.2 Å². The number of carbonyl (C=O) groups excluding carboxylic acids is 1. The summed E-state index contributed by atoms with van der Waals surface area (Å²) in [5.74, 6) is 1.95. The van der Waals surface area contributed by atoms with E-state index in [9.17, 15) is 9.90 Å². The molecule has 1 saturated carbocycles. The quantitative estimate of drug-likeness (QED) is 0.252. The fourth-order valence-corrected chi connectivity index (χ4v) is 5.34. The van der Waals surface area contributed by atoms with E-state index in [2.05, 4.69) is 19.2 Å². The molecule has 8 heteroatoms. The lowest BCUT2D eigenvalue weighted by molar-refractivity contribution is -0.130. The van der Waals surface area contributed by atoms with Gasteiger partial charge in [-0.2, -0.15) is 0 Å². The summed E-state index contributed by atoms with van der Waals surface area (Å²) >= 11 is 6.04. The molecule has 4 N–H and O–H groups in total. The van der Waals surface area contributed by atoms with Crippen LogP contribution in [-0.2, 0) is 21.4 Å². The first kappa shape index (κ1) is 31.2. The van der Waals surface area contributed by atoms with Gasteiger partial charge in [0.2, 0.25) is 5.91 Å². The second kappa shape index (κ2) is 14.9. The number of nitrogens with one attached hydrogen (secondary N) is 1. The van der Waals surface area contributed by atoms with Gasteiger partial charge in [-0.15, -0.1) is 0 Å². The molecule has 3 unspecified atom stereocenters. The zero-order valence-electron chi connectivity index (χ0n) is 23.8. The molecule has 216 valence electrons. The summed E-state index contributed by atoms with van der Waals surface area (Å²) in [6.07, 6.45) is 3.96. The van der Waals surface area contributed by atoms with E-state index in [0.29, 0.717) is 42.1 Å². The van der Waals surface area contributed by atoms with E-state index in [1.165, 1.54) is 0 Å². The van der Waals surface area contributed by atoms with Crippen LogP contribution in [0.3, 0.4) is 0 Å². The maximum atomic E-state index is 13.2. The maximum Gasteiger partial charge on any atom is 0.230 e. The Morgan fingerprint density at radius 3 is 2.41 bits per heavy atom. The minimum atomic E-state index is -0.840. The van der Waals surface area contributed by atoms with Crippen LogP contribution in [0.2, 0.25) is 5.02 Å². The fourth-order valence-electron chi connectivity index (χ4n) is 5.21. The Morgan fingerprint density at radius 1 is 1.10 bits per heavy atom. The first-order valence-corrected chi connectivity index (χ1v) is 14.3. The van der Waals surface area contributed by atoms with E-state index in [4.69, 9.17) is 31.5 Å². The largest absolute Gasteiger partial charge is 0.493 e. The molecular formula is C31H45ClN2O5. The molecule has 3 rings (SSSR count). The maximum absolute atomic E-state index is 13.2. The fraction of sp³-hybridized carbons (Fsp3) is 0.581. The number of aliphatic hydroxyl groups is 1. The SMILES string of the molecule is COCCCOc1cc(CC(CC(N)C(O)CNC(=O)C2(c3ccc(Cl)cc3)CCC2)C(C)C)ccc1OC. The average molecular weight is 561 g/mol. The number of nitrogens with two attached hydrogens (primary N) is 1. The number of methoxy groups -OCH3 is 2. The van der Waals surface area contributed by atoms with Crippen LogP contribution in [-0.4, -0.2) is 57.1 Å². The van der Waals surface area contributed by atoms with Gasteiger partial charge in [-0.25, -0.2) is 0 Å². The molecule has 1 amide bonds. The van der Waals surface area contributed by atoms with Crippen molar-refractivity contribution in [2.75, 3.05) is 34.0 Å². The molecule has 0 aromatic heterocycles. The molecule has 1 aliphatic rings. The van der Waals surface area contributed by atoms with Crippen molar-refractivity contribution in [3.63, 3.8) is 0 Å². The Labute approximate surface area is 238 Å². The first-order valence-electron chi connectivity index (χ1n) is 14.0. The standard InChI is InChI=1S/C31H45ClN2O5/c1-21(2)23(17-22-7-12-28(38-4)29(18-22)39-16-6-15-37-3)19-26(33)27(35)20-34-30(36)31(13-5-14-31)24-8-10-25(32)11-9-24/h7-12,18,21,23,26-27,35H,5-6,13-17,19-20,33H2,1-4H3,(H,34,36). The smallest absolute Gasteiger partial charge is 0.230 e. The minimum absolute atomic E-state index is 0.0565. The number of ether oxygens (including phenoxy) is 3. The van der Waals surface area contributed by atoms with Crippen LogP contribution in [0.1, 0.15) is 57.1 Å². The molecule has 0 bridgehead atoms. The summed E-state index contributed by atoms with van der Waals surface area (Å²) in [4.78, 5) is 13.2. The van der Waals surface area contributed by atoms with Gasteiger partial charge in [-0.1, -0.05) is 50.1 Å². The van der Waals surface area contributed by atoms with Gasteiger partial charge < -0.3 is 30.4 Å². The van der Waals surface area contributed by atoms with E-state index in [-0.39, 0.29) is 18.4 Å². The molecule has 3 atom stereocenters. The molecule has 0 saturated heterocycles. The number of aliphatic hydroxyl groups excluding tert-OH is 1. The summed E-state index contributed by atoms with van der Waals surface area (Å²) in [5, 5.41) is 14.5. The lowest BCUT2D eigenvalue weighted by Crippen LogP contribution is -2.52. The number of rotatable bonds is 16. The van der Waals surface area contributed by atoms with Gasteiger partial charge in [0.05, 0.1) is 25.2 Å². The third-order valence-corrected chi connectivity index (χ3v) is 8.25. The Hall–Kier alpha value is -2.32. The number of hydrogen-bond donors (Lipinski definition) is 3. The number of hydrogen-bond acceptors (Lipinski definition) is 6. The molecular weight excluding hydrogens is 516 g/mol. The summed E-state index contributed by atoms with van der Waals surface area (Å²) in [5.41, 5.74) is 8.02. The summed E-state index contributed by atoms with van der Waals surface area (Å²) in [6.45, 7) is 5.65. The third kappa shape index (κ3) is 8.34. The van der Waals surface area contributed by atoms with Crippen molar-refractivity contribution in [3.05, 3.63) is 58.6 Å². The summed E-state index contributed by atoms with van der Waals surface area (Å²) in [6, 6.07) is 13.0. The highest BCUT2D eigenvalue weighted by Gasteiger charge is 2.45. The molecule has 1 fully saturated rings. The Morgan fingerprint density at radius 2 is 1.82 bits per heavy atom. The van der Waals surface area contributed by atoms with Gasteiger partial charge in [-0.3, -0.25) is 4.79 Å². The third-order valence-electron chi connectivity index (χ3n) is 8.00. The molecule has 0 heterocycles. The zero-order valence-corrected chi connectivity index (χ0v) is 24.5. The molecule has 39 heavy (non-hydrogen) atoms. The topological polar surface area (TPSA) is 103 Å². The van der Waals surface area contributed by atoms with Crippen molar-refractivity contribution in [1.29, 1.82) is 0 Å². The van der Waals surface area contributed by atoms with Crippen molar-refractivity contribution in [2.24, 2.45) is 17.6 Å². The van der Waals surface area contributed by atoms with Crippen LogP contribution in [0.15, 0.2) is 42.5 Å². The van der Waals surface area contributed by atoms with Gasteiger partial charge in [0.1, 0.15) is 0 Å². The highest BCUT2D eigenvalue weighted by Crippen LogP contribution is 2.44. The van der Waals surface area contributed by atoms with E-state index in [1.54, 1.807) is 14.2 Å². The van der Waals surface area contributed by atoms with Gasteiger partial charge >= 0.3 is 0 Å². The number of halogens is 1. The van der Waals surface area contributed by atoms with E-state index in [1.807, 2.05) is 42.5 Å². The van der Waals surface area contributed by atoms with Crippen molar-refractivity contribution in [3.8, 4) is 11.5 Å². The molecule has 2 aromatic carbocycles. The summed E-state index contributed by atoms with van der Waals surface area (Å²) < 4.78 is 16.5. The van der Waals surface area contributed by atoms with Crippen LogP contribution in [0.4, 0.5) is 0 Å². The highest BCUT2D eigenvalue weighted by atomic mass is 35.5. The minimum Gasteiger partial charge on any atom is -0.493 e. The zero-order chi connectivity index (χ0) is 28.4. The first-order chi connectivity index (χ1) is 18.7. The van der Waals surface area contributed by atoms with Crippen molar-refractivity contribution >= 4 is 17.5 Å². The van der Waals surface area contributed by atoms with Crippen LogP contribution in [0.25, 0.3) is 0 Å². The van der Waals surface area contributed by atoms with Crippen LogP contribution in [0.5, 0.6) is 11.5 Å². The van der Waals surface area contributed by atoms with Crippen LogP contribution < -0.4 is 20.5 Å². The second-order valence-corrected chi connectivity index (χ2v) is 11.4.